The Bertz CT molecular complexity index is 501. The molecule has 1 amide bonds. The Balaban J connectivity index is 1.91. The minimum atomic E-state index is -0.0416. The second-order valence-corrected chi connectivity index (χ2v) is 6.57. The zero-order chi connectivity index (χ0) is 16.7. The summed E-state index contributed by atoms with van der Waals surface area (Å²) in [6, 6.07) is 7.38. The van der Waals surface area contributed by atoms with Crippen LogP contribution in [0.4, 0.5) is 0 Å². The van der Waals surface area contributed by atoms with Crippen LogP contribution in [0.15, 0.2) is 24.3 Å². The Labute approximate surface area is 139 Å². The number of ether oxygens (including phenoxy) is 2. The van der Waals surface area contributed by atoms with E-state index in [-0.39, 0.29) is 12.0 Å². The summed E-state index contributed by atoms with van der Waals surface area (Å²) in [5, 5.41) is 3.06. The number of benzene rings is 1. The van der Waals surface area contributed by atoms with Gasteiger partial charge in [0.1, 0.15) is 5.75 Å². The van der Waals surface area contributed by atoms with E-state index in [2.05, 4.69) is 26.1 Å². The molecule has 4 heteroatoms. The van der Waals surface area contributed by atoms with Crippen molar-refractivity contribution in [3.8, 4) is 5.75 Å². The highest BCUT2D eigenvalue weighted by Gasteiger charge is 2.28. The molecule has 0 spiro atoms. The van der Waals surface area contributed by atoms with Gasteiger partial charge in [-0.3, -0.25) is 4.79 Å². The summed E-state index contributed by atoms with van der Waals surface area (Å²) in [5.41, 5.74) is 0.649. The third kappa shape index (κ3) is 5.24. The minimum absolute atomic E-state index is 0.0416. The van der Waals surface area contributed by atoms with Gasteiger partial charge in [-0.05, 0) is 43.4 Å². The van der Waals surface area contributed by atoms with E-state index in [1.54, 1.807) is 0 Å². The van der Waals surface area contributed by atoms with Crippen molar-refractivity contribution in [2.24, 2.45) is 11.8 Å². The third-order valence-electron chi connectivity index (χ3n) is 4.25. The maximum absolute atomic E-state index is 12.4. The molecule has 23 heavy (non-hydrogen) atoms. The molecule has 0 aromatic heterocycles. The van der Waals surface area contributed by atoms with Gasteiger partial charge in [-0.15, -0.1) is 0 Å². The standard InChI is InChI=1S/C19H29NO3/c1-4-10-22-17-9-5-7-15(12-17)19(21)20-13-16-8-6-11-23-18(16)14(2)3/h5,7,9,12,14,16,18H,4,6,8,10-11,13H2,1-3H3,(H,20,21). The maximum Gasteiger partial charge on any atom is 0.251 e. The number of amides is 1. The van der Waals surface area contributed by atoms with E-state index >= 15 is 0 Å². The second-order valence-electron chi connectivity index (χ2n) is 6.57. The summed E-state index contributed by atoms with van der Waals surface area (Å²) in [7, 11) is 0. The molecule has 2 rings (SSSR count). The number of hydrogen-bond donors (Lipinski definition) is 1. The molecule has 4 nitrogen and oxygen atoms in total. The predicted molar refractivity (Wildman–Crippen MR) is 91.9 cm³/mol. The van der Waals surface area contributed by atoms with Gasteiger partial charge in [0.2, 0.25) is 0 Å². The highest BCUT2D eigenvalue weighted by molar-refractivity contribution is 5.94. The van der Waals surface area contributed by atoms with Crippen LogP contribution in [0, 0.1) is 11.8 Å². The zero-order valence-electron chi connectivity index (χ0n) is 14.5. The van der Waals surface area contributed by atoms with Crippen LogP contribution in [0.2, 0.25) is 0 Å². The van der Waals surface area contributed by atoms with Crippen molar-refractivity contribution < 1.29 is 14.3 Å². The molecule has 1 aromatic rings. The fraction of sp³-hybridized carbons (Fsp3) is 0.632. The largest absolute Gasteiger partial charge is 0.494 e. The average Bonchev–Trinajstić information content (AvgIpc) is 2.58. The lowest BCUT2D eigenvalue weighted by atomic mass is 9.87. The number of carbonyl (C=O) groups is 1. The molecule has 2 atom stereocenters. The molecule has 2 unspecified atom stereocenters. The fourth-order valence-corrected chi connectivity index (χ4v) is 3.09. The summed E-state index contributed by atoms with van der Waals surface area (Å²) in [5.74, 6) is 1.58. The molecule has 0 bridgehead atoms. The predicted octanol–water partition coefficient (Wildman–Crippen LogP) is 3.66. The Morgan fingerprint density at radius 2 is 2.26 bits per heavy atom. The van der Waals surface area contributed by atoms with E-state index in [1.807, 2.05) is 24.3 Å². The Morgan fingerprint density at radius 1 is 1.43 bits per heavy atom. The van der Waals surface area contributed by atoms with Crippen molar-refractivity contribution in [3.63, 3.8) is 0 Å². The fourth-order valence-electron chi connectivity index (χ4n) is 3.09. The van der Waals surface area contributed by atoms with E-state index in [1.165, 1.54) is 0 Å². The SMILES string of the molecule is CCCOc1cccc(C(=O)NCC2CCCOC2C(C)C)c1. The molecule has 1 N–H and O–H groups in total. The van der Waals surface area contributed by atoms with E-state index < -0.39 is 0 Å². The highest BCUT2D eigenvalue weighted by Crippen LogP contribution is 2.25. The summed E-state index contributed by atoms with van der Waals surface area (Å²) in [6.45, 7) is 8.60. The molecule has 1 aromatic carbocycles. The van der Waals surface area contributed by atoms with Gasteiger partial charge >= 0.3 is 0 Å². The van der Waals surface area contributed by atoms with Crippen molar-refractivity contribution in [2.75, 3.05) is 19.8 Å². The van der Waals surface area contributed by atoms with Crippen LogP contribution in [0.25, 0.3) is 0 Å². The van der Waals surface area contributed by atoms with Gasteiger partial charge in [0.25, 0.3) is 5.91 Å². The van der Waals surface area contributed by atoms with Crippen molar-refractivity contribution in [1.29, 1.82) is 0 Å². The van der Waals surface area contributed by atoms with Gasteiger partial charge in [0, 0.05) is 24.6 Å². The first-order valence-electron chi connectivity index (χ1n) is 8.74. The van der Waals surface area contributed by atoms with E-state index in [0.29, 0.717) is 30.6 Å². The topological polar surface area (TPSA) is 47.6 Å². The lowest BCUT2D eigenvalue weighted by Crippen LogP contribution is -2.41. The van der Waals surface area contributed by atoms with Crippen molar-refractivity contribution in [1.82, 2.24) is 5.32 Å². The van der Waals surface area contributed by atoms with Crippen molar-refractivity contribution in [2.45, 2.75) is 46.1 Å². The van der Waals surface area contributed by atoms with Gasteiger partial charge in [0.05, 0.1) is 12.7 Å². The van der Waals surface area contributed by atoms with Crippen LogP contribution < -0.4 is 10.1 Å². The lowest BCUT2D eigenvalue weighted by Gasteiger charge is -2.34. The number of rotatable bonds is 7. The molecule has 1 heterocycles. The molecular formula is C19H29NO3. The smallest absolute Gasteiger partial charge is 0.251 e. The minimum Gasteiger partial charge on any atom is -0.494 e. The quantitative estimate of drug-likeness (QED) is 0.834. The summed E-state index contributed by atoms with van der Waals surface area (Å²) < 4.78 is 11.5. The summed E-state index contributed by atoms with van der Waals surface area (Å²) in [4.78, 5) is 12.4. The monoisotopic (exact) mass is 319 g/mol. The van der Waals surface area contributed by atoms with Gasteiger partial charge in [-0.25, -0.2) is 0 Å². The van der Waals surface area contributed by atoms with Gasteiger partial charge in [0.15, 0.2) is 0 Å². The van der Waals surface area contributed by atoms with Gasteiger partial charge in [-0.1, -0.05) is 26.8 Å². The third-order valence-corrected chi connectivity index (χ3v) is 4.25. The summed E-state index contributed by atoms with van der Waals surface area (Å²) in [6.07, 6.45) is 3.38. The number of nitrogens with one attached hydrogen (secondary N) is 1. The molecule has 1 aliphatic rings. The van der Waals surface area contributed by atoms with Gasteiger partial charge in [-0.2, -0.15) is 0 Å². The Hall–Kier alpha value is -1.55. The van der Waals surface area contributed by atoms with E-state index in [0.717, 1.165) is 31.6 Å². The van der Waals surface area contributed by atoms with E-state index in [4.69, 9.17) is 9.47 Å². The van der Waals surface area contributed by atoms with Crippen LogP contribution in [-0.4, -0.2) is 31.8 Å². The van der Waals surface area contributed by atoms with Crippen molar-refractivity contribution in [3.05, 3.63) is 29.8 Å². The number of hydrogen-bond acceptors (Lipinski definition) is 3. The molecule has 0 saturated carbocycles. The van der Waals surface area contributed by atoms with Crippen LogP contribution in [0.1, 0.15) is 50.4 Å². The maximum atomic E-state index is 12.4. The molecule has 1 aliphatic heterocycles. The van der Waals surface area contributed by atoms with Crippen LogP contribution in [0.5, 0.6) is 5.75 Å². The van der Waals surface area contributed by atoms with Gasteiger partial charge < -0.3 is 14.8 Å². The average molecular weight is 319 g/mol. The molecule has 1 fully saturated rings. The normalized spacial score (nSPS) is 21.2. The Kier molecular flexibility index (Phi) is 6.90. The van der Waals surface area contributed by atoms with E-state index in [9.17, 15) is 4.79 Å². The molecule has 1 saturated heterocycles. The lowest BCUT2D eigenvalue weighted by molar-refractivity contribution is -0.0510. The highest BCUT2D eigenvalue weighted by atomic mass is 16.5. The first-order chi connectivity index (χ1) is 11.1. The van der Waals surface area contributed by atoms with Crippen LogP contribution in [0.3, 0.4) is 0 Å². The summed E-state index contributed by atoms with van der Waals surface area (Å²) >= 11 is 0. The first-order valence-corrected chi connectivity index (χ1v) is 8.74. The zero-order valence-corrected chi connectivity index (χ0v) is 14.5. The second kappa shape index (κ2) is 8.92. The van der Waals surface area contributed by atoms with Crippen LogP contribution in [-0.2, 0) is 4.74 Å². The Morgan fingerprint density at radius 3 is 3.00 bits per heavy atom. The molecule has 128 valence electrons. The van der Waals surface area contributed by atoms with Crippen molar-refractivity contribution >= 4 is 5.91 Å². The number of carbonyl (C=O) groups excluding carboxylic acids is 1. The van der Waals surface area contributed by atoms with Crippen LogP contribution >= 0.6 is 0 Å². The molecule has 0 radical (unpaired) electrons. The first kappa shape index (κ1) is 17.8. The molecular weight excluding hydrogens is 290 g/mol. The molecule has 0 aliphatic carbocycles.